The highest BCUT2D eigenvalue weighted by Crippen LogP contribution is 2.17. The van der Waals surface area contributed by atoms with E-state index in [4.69, 9.17) is 10.5 Å². The van der Waals surface area contributed by atoms with E-state index in [1.807, 2.05) is 19.1 Å². The summed E-state index contributed by atoms with van der Waals surface area (Å²) in [7, 11) is 1.38. The van der Waals surface area contributed by atoms with Crippen molar-refractivity contribution in [3.05, 3.63) is 23.5 Å². The maximum atomic E-state index is 10.9. The summed E-state index contributed by atoms with van der Waals surface area (Å²) in [6.45, 7) is 2.94. The van der Waals surface area contributed by atoms with Gasteiger partial charge in [-0.25, -0.2) is 0 Å². The summed E-state index contributed by atoms with van der Waals surface area (Å²) in [6.07, 6.45) is 1.68. The molecule has 0 spiro atoms. The van der Waals surface area contributed by atoms with Crippen LogP contribution in [0, 0.1) is 6.92 Å². The number of ether oxygens (including phenoxy) is 2. The van der Waals surface area contributed by atoms with Gasteiger partial charge in [-0.2, -0.15) is 0 Å². The van der Waals surface area contributed by atoms with Crippen LogP contribution >= 0.6 is 0 Å². The number of aromatic nitrogens is 1. The normalized spacial score (nSPS) is 10.2. The van der Waals surface area contributed by atoms with Gasteiger partial charge in [-0.1, -0.05) is 0 Å². The van der Waals surface area contributed by atoms with Crippen LogP contribution in [0.3, 0.4) is 0 Å². The maximum Gasteiger partial charge on any atom is 0.305 e. The zero-order valence-corrected chi connectivity index (χ0v) is 10.9. The lowest BCUT2D eigenvalue weighted by atomic mass is 10.2. The molecule has 1 aromatic rings. The fourth-order valence-corrected chi connectivity index (χ4v) is 1.55. The number of nitrogens with two attached hydrogens (primary N) is 1. The number of carbonyl (C=O) groups is 1. The minimum absolute atomic E-state index is 0.220. The fraction of sp³-hybridized carbons (Fsp3) is 0.538. The molecule has 5 nitrogen and oxygen atoms in total. The molecular formula is C13H20N2O3. The topological polar surface area (TPSA) is 74.4 Å². The van der Waals surface area contributed by atoms with Crippen LogP contribution in [0.15, 0.2) is 12.1 Å². The van der Waals surface area contributed by atoms with E-state index >= 15 is 0 Å². The van der Waals surface area contributed by atoms with Crippen molar-refractivity contribution in [3.63, 3.8) is 0 Å². The first-order chi connectivity index (χ1) is 8.67. The van der Waals surface area contributed by atoms with E-state index in [1.54, 1.807) is 0 Å². The van der Waals surface area contributed by atoms with E-state index in [0.717, 1.165) is 17.1 Å². The van der Waals surface area contributed by atoms with Crippen LogP contribution in [0.25, 0.3) is 0 Å². The minimum Gasteiger partial charge on any atom is -0.492 e. The third-order valence-corrected chi connectivity index (χ3v) is 2.46. The molecule has 0 aliphatic carbocycles. The highest BCUT2D eigenvalue weighted by Gasteiger charge is 2.06. The van der Waals surface area contributed by atoms with Crippen LogP contribution < -0.4 is 10.5 Å². The van der Waals surface area contributed by atoms with Gasteiger partial charge in [0.25, 0.3) is 0 Å². The van der Waals surface area contributed by atoms with Crippen molar-refractivity contribution < 1.29 is 14.3 Å². The lowest BCUT2D eigenvalue weighted by Crippen LogP contribution is -2.09. The van der Waals surface area contributed by atoms with Gasteiger partial charge in [-0.3, -0.25) is 9.78 Å². The number of hydrogen-bond donors (Lipinski definition) is 1. The first-order valence-electron chi connectivity index (χ1n) is 6.03. The molecule has 5 heteroatoms. The van der Waals surface area contributed by atoms with Gasteiger partial charge in [0, 0.05) is 18.5 Å². The Morgan fingerprint density at radius 2 is 2.22 bits per heavy atom. The summed E-state index contributed by atoms with van der Waals surface area (Å²) in [5.41, 5.74) is 7.35. The molecule has 0 aromatic carbocycles. The van der Waals surface area contributed by atoms with Gasteiger partial charge >= 0.3 is 5.97 Å². The van der Waals surface area contributed by atoms with Gasteiger partial charge in [-0.05, 0) is 32.0 Å². The maximum absolute atomic E-state index is 10.9. The van der Waals surface area contributed by atoms with E-state index in [9.17, 15) is 4.79 Å². The monoisotopic (exact) mass is 252 g/mol. The predicted octanol–water partition coefficient (Wildman–Crippen LogP) is 1.22. The predicted molar refractivity (Wildman–Crippen MR) is 68.5 cm³/mol. The van der Waals surface area contributed by atoms with Crippen LogP contribution in [-0.2, 0) is 16.0 Å². The average Bonchev–Trinajstić information content (AvgIpc) is 2.36. The molecule has 0 aliphatic rings. The quantitative estimate of drug-likeness (QED) is 0.583. The van der Waals surface area contributed by atoms with Gasteiger partial charge in [-0.15, -0.1) is 0 Å². The van der Waals surface area contributed by atoms with Crippen LogP contribution in [0.5, 0.6) is 5.75 Å². The second-order valence-electron chi connectivity index (χ2n) is 3.96. The van der Waals surface area contributed by atoms with E-state index in [1.165, 1.54) is 7.11 Å². The number of nitrogens with zero attached hydrogens (tertiary/aromatic N) is 1. The van der Waals surface area contributed by atoms with Crippen molar-refractivity contribution in [1.82, 2.24) is 4.98 Å². The minimum atomic E-state index is -0.220. The molecule has 18 heavy (non-hydrogen) atoms. The van der Waals surface area contributed by atoms with Crippen LogP contribution in [0.1, 0.15) is 24.2 Å². The molecular weight excluding hydrogens is 232 g/mol. The molecule has 0 amide bonds. The summed E-state index contributed by atoms with van der Waals surface area (Å²) < 4.78 is 10.2. The zero-order chi connectivity index (χ0) is 13.4. The number of pyridine rings is 1. The third-order valence-electron chi connectivity index (χ3n) is 2.46. The summed E-state index contributed by atoms with van der Waals surface area (Å²) in [6, 6.07) is 3.79. The van der Waals surface area contributed by atoms with Crippen molar-refractivity contribution in [2.45, 2.75) is 26.2 Å². The zero-order valence-electron chi connectivity index (χ0n) is 10.9. The van der Waals surface area contributed by atoms with E-state index in [0.29, 0.717) is 32.4 Å². The molecule has 0 fully saturated rings. The van der Waals surface area contributed by atoms with Gasteiger partial charge in [0.15, 0.2) is 0 Å². The molecule has 0 bridgehead atoms. The molecule has 1 aromatic heterocycles. The van der Waals surface area contributed by atoms with E-state index in [2.05, 4.69) is 9.72 Å². The molecule has 0 aliphatic heterocycles. The fourth-order valence-electron chi connectivity index (χ4n) is 1.55. The highest BCUT2D eigenvalue weighted by molar-refractivity contribution is 5.69. The summed E-state index contributed by atoms with van der Waals surface area (Å²) >= 11 is 0. The number of methoxy groups -OCH3 is 1. The van der Waals surface area contributed by atoms with Gasteiger partial charge in [0.2, 0.25) is 0 Å². The Hall–Kier alpha value is -1.62. The Labute approximate surface area is 107 Å². The lowest BCUT2D eigenvalue weighted by molar-refractivity contribution is -0.140. The number of carbonyl (C=O) groups excluding carboxylic acids is 1. The van der Waals surface area contributed by atoms with Gasteiger partial charge in [0.05, 0.1) is 19.4 Å². The van der Waals surface area contributed by atoms with Crippen molar-refractivity contribution >= 4 is 5.97 Å². The Balaban J connectivity index is 2.48. The molecule has 2 N–H and O–H groups in total. The first-order valence-corrected chi connectivity index (χ1v) is 6.03. The Kier molecular flexibility index (Phi) is 6.14. The van der Waals surface area contributed by atoms with Crippen molar-refractivity contribution in [2.75, 3.05) is 20.3 Å². The second kappa shape index (κ2) is 7.66. The van der Waals surface area contributed by atoms with Gasteiger partial charge in [0.1, 0.15) is 5.75 Å². The third kappa shape index (κ3) is 4.71. The lowest BCUT2D eigenvalue weighted by Gasteiger charge is -2.10. The second-order valence-corrected chi connectivity index (χ2v) is 3.96. The highest BCUT2D eigenvalue weighted by atomic mass is 16.5. The van der Waals surface area contributed by atoms with Crippen LogP contribution in [0.2, 0.25) is 0 Å². The summed E-state index contributed by atoms with van der Waals surface area (Å²) in [4.78, 5) is 15.3. The largest absolute Gasteiger partial charge is 0.492 e. The molecule has 0 unspecified atom stereocenters. The molecule has 0 saturated carbocycles. The molecule has 0 atom stereocenters. The van der Waals surface area contributed by atoms with Crippen molar-refractivity contribution in [3.8, 4) is 5.75 Å². The summed E-state index contributed by atoms with van der Waals surface area (Å²) in [5.74, 6) is 0.527. The summed E-state index contributed by atoms with van der Waals surface area (Å²) in [5, 5.41) is 0. The van der Waals surface area contributed by atoms with Gasteiger partial charge < -0.3 is 15.2 Å². The SMILES string of the molecule is COC(=O)CCCOc1ccc(C)nc1CCN. The van der Waals surface area contributed by atoms with E-state index < -0.39 is 0 Å². The van der Waals surface area contributed by atoms with Crippen molar-refractivity contribution in [2.24, 2.45) is 5.73 Å². The van der Waals surface area contributed by atoms with Crippen LogP contribution in [-0.4, -0.2) is 31.2 Å². The number of hydrogen-bond acceptors (Lipinski definition) is 5. The average molecular weight is 252 g/mol. The standard InChI is InChI=1S/C13H20N2O3/c1-10-5-6-12(11(15-10)7-8-14)18-9-3-4-13(16)17-2/h5-6H,3-4,7-9,14H2,1-2H3. The van der Waals surface area contributed by atoms with Crippen molar-refractivity contribution in [1.29, 1.82) is 0 Å². The number of rotatable bonds is 7. The molecule has 1 heterocycles. The van der Waals surface area contributed by atoms with Crippen LogP contribution in [0.4, 0.5) is 0 Å². The van der Waals surface area contributed by atoms with E-state index in [-0.39, 0.29) is 5.97 Å². The first kappa shape index (κ1) is 14.4. The molecule has 0 radical (unpaired) electrons. The Morgan fingerprint density at radius 3 is 2.89 bits per heavy atom. The number of esters is 1. The molecule has 0 saturated heterocycles. The Bertz CT molecular complexity index is 394. The Morgan fingerprint density at radius 1 is 1.44 bits per heavy atom. The molecule has 100 valence electrons. The smallest absolute Gasteiger partial charge is 0.305 e. The molecule has 1 rings (SSSR count). The number of aryl methyl sites for hydroxylation is 1.